The molecule has 0 unspecified atom stereocenters. The molecule has 0 aliphatic rings. The molecule has 3 aromatic rings. The molecule has 5 nitrogen and oxygen atoms in total. The Morgan fingerprint density at radius 2 is 2.14 bits per heavy atom. The largest absolute Gasteiger partial charge is 0.496 e. The average molecular weight is 284 g/mol. The molecule has 1 aromatic carbocycles. The molecule has 3 rings (SSSR count). The van der Waals surface area contributed by atoms with E-state index in [1.165, 1.54) is 6.39 Å². The first-order chi connectivity index (χ1) is 10.3. The number of hydrogen-bond acceptors (Lipinski definition) is 5. The van der Waals surface area contributed by atoms with Crippen LogP contribution in [0.25, 0.3) is 11.3 Å². The summed E-state index contributed by atoms with van der Waals surface area (Å²) in [6.07, 6.45) is 3.07. The van der Waals surface area contributed by atoms with E-state index in [0.29, 0.717) is 12.3 Å². The van der Waals surface area contributed by atoms with E-state index < -0.39 is 0 Å². The lowest BCUT2D eigenvalue weighted by Gasteiger charge is -2.10. The van der Waals surface area contributed by atoms with Crippen LogP contribution in [0.3, 0.4) is 0 Å². The number of nitrogens with zero attached hydrogens (tertiary/aromatic N) is 1. The van der Waals surface area contributed by atoms with Gasteiger partial charge in [-0.3, -0.25) is 0 Å². The van der Waals surface area contributed by atoms with Gasteiger partial charge in [0.25, 0.3) is 0 Å². The van der Waals surface area contributed by atoms with Gasteiger partial charge in [0.15, 0.2) is 12.2 Å². The minimum atomic E-state index is 0.624. The molecule has 0 radical (unpaired) electrons. The average Bonchev–Trinajstić information content (AvgIpc) is 3.16. The van der Waals surface area contributed by atoms with Gasteiger partial charge in [-0.15, -0.1) is 0 Å². The van der Waals surface area contributed by atoms with Crippen LogP contribution in [0.15, 0.2) is 51.8 Å². The van der Waals surface area contributed by atoms with Gasteiger partial charge in [-0.1, -0.05) is 0 Å². The van der Waals surface area contributed by atoms with Gasteiger partial charge in [-0.2, -0.15) is 0 Å². The second-order valence-electron chi connectivity index (χ2n) is 4.65. The fourth-order valence-electron chi connectivity index (χ4n) is 2.12. The molecule has 21 heavy (non-hydrogen) atoms. The molecular formula is C16H16N2O3. The highest BCUT2D eigenvalue weighted by Gasteiger charge is 2.10. The number of methoxy groups -OCH3 is 1. The molecule has 0 bridgehead atoms. The van der Waals surface area contributed by atoms with E-state index in [2.05, 4.69) is 10.3 Å². The van der Waals surface area contributed by atoms with Crippen LogP contribution < -0.4 is 10.1 Å². The minimum Gasteiger partial charge on any atom is -0.496 e. The van der Waals surface area contributed by atoms with Crippen molar-refractivity contribution in [3.63, 3.8) is 0 Å². The van der Waals surface area contributed by atoms with Crippen LogP contribution in [-0.2, 0) is 6.54 Å². The van der Waals surface area contributed by atoms with E-state index in [0.717, 1.165) is 28.5 Å². The van der Waals surface area contributed by atoms with Crippen molar-refractivity contribution in [3.8, 4) is 17.1 Å². The molecule has 1 N–H and O–H groups in total. The van der Waals surface area contributed by atoms with Crippen molar-refractivity contribution in [3.05, 3.63) is 54.4 Å². The van der Waals surface area contributed by atoms with Gasteiger partial charge in [0.1, 0.15) is 17.3 Å². The molecule has 0 aliphatic heterocycles. The first-order valence-electron chi connectivity index (χ1n) is 6.62. The van der Waals surface area contributed by atoms with Crippen molar-refractivity contribution in [1.29, 1.82) is 0 Å². The molecular weight excluding hydrogens is 268 g/mol. The zero-order valence-electron chi connectivity index (χ0n) is 11.9. The number of aromatic nitrogens is 1. The molecule has 0 amide bonds. The molecule has 2 heterocycles. The first-order valence-corrected chi connectivity index (χ1v) is 6.62. The highest BCUT2D eigenvalue weighted by atomic mass is 16.5. The first kappa shape index (κ1) is 13.3. The van der Waals surface area contributed by atoms with Crippen LogP contribution in [0, 0.1) is 6.92 Å². The second-order valence-corrected chi connectivity index (χ2v) is 4.65. The molecule has 0 atom stereocenters. The summed E-state index contributed by atoms with van der Waals surface area (Å²) in [5.74, 6) is 3.21. The van der Waals surface area contributed by atoms with Crippen molar-refractivity contribution in [1.82, 2.24) is 4.98 Å². The maximum Gasteiger partial charge on any atom is 0.181 e. The maximum absolute atomic E-state index is 5.53. The van der Waals surface area contributed by atoms with Crippen LogP contribution in [0.5, 0.6) is 5.75 Å². The lowest BCUT2D eigenvalue weighted by atomic mass is 10.1. The fraction of sp³-hybridized carbons (Fsp3) is 0.188. The summed E-state index contributed by atoms with van der Waals surface area (Å²) in [5.41, 5.74) is 1.82. The van der Waals surface area contributed by atoms with Crippen LogP contribution in [0.2, 0.25) is 0 Å². The summed E-state index contributed by atoms with van der Waals surface area (Å²) in [6, 6.07) is 9.74. The Hall–Kier alpha value is -2.69. The van der Waals surface area contributed by atoms with Gasteiger partial charge in [-0.05, 0) is 31.2 Å². The Kier molecular flexibility index (Phi) is 3.64. The predicted octanol–water partition coefficient (Wildman–Crippen LogP) is 3.86. The summed E-state index contributed by atoms with van der Waals surface area (Å²) in [7, 11) is 1.63. The third kappa shape index (κ3) is 2.91. The van der Waals surface area contributed by atoms with Gasteiger partial charge in [0, 0.05) is 11.8 Å². The van der Waals surface area contributed by atoms with Crippen molar-refractivity contribution in [2.45, 2.75) is 13.5 Å². The molecule has 0 fully saturated rings. The number of oxazole rings is 1. The summed E-state index contributed by atoms with van der Waals surface area (Å²) < 4.78 is 16.2. The smallest absolute Gasteiger partial charge is 0.181 e. The van der Waals surface area contributed by atoms with E-state index in [-0.39, 0.29) is 0 Å². The Morgan fingerprint density at radius 1 is 1.24 bits per heavy atom. The van der Waals surface area contributed by atoms with Crippen LogP contribution in [-0.4, -0.2) is 12.1 Å². The van der Waals surface area contributed by atoms with Crippen molar-refractivity contribution in [2.24, 2.45) is 0 Å². The van der Waals surface area contributed by atoms with Crippen LogP contribution in [0.4, 0.5) is 5.69 Å². The lowest BCUT2D eigenvalue weighted by Crippen LogP contribution is -1.99. The van der Waals surface area contributed by atoms with Gasteiger partial charge in [0.05, 0.1) is 25.4 Å². The number of anilines is 1. The van der Waals surface area contributed by atoms with Gasteiger partial charge >= 0.3 is 0 Å². The molecule has 2 aromatic heterocycles. The van der Waals surface area contributed by atoms with Crippen LogP contribution >= 0.6 is 0 Å². The summed E-state index contributed by atoms with van der Waals surface area (Å²) in [6.45, 7) is 2.55. The van der Waals surface area contributed by atoms with Crippen molar-refractivity contribution in [2.75, 3.05) is 12.4 Å². The second kappa shape index (κ2) is 5.75. The number of ether oxygens (including phenoxy) is 1. The van der Waals surface area contributed by atoms with E-state index in [9.17, 15) is 0 Å². The number of rotatable bonds is 5. The fourth-order valence-corrected chi connectivity index (χ4v) is 2.12. The van der Waals surface area contributed by atoms with Crippen LogP contribution in [0.1, 0.15) is 11.5 Å². The van der Waals surface area contributed by atoms with E-state index >= 15 is 0 Å². The van der Waals surface area contributed by atoms with E-state index in [4.69, 9.17) is 13.6 Å². The highest BCUT2D eigenvalue weighted by molar-refractivity contribution is 5.69. The summed E-state index contributed by atoms with van der Waals surface area (Å²) in [5, 5.41) is 3.30. The monoisotopic (exact) mass is 284 g/mol. The van der Waals surface area contributed by atoms with Gasteiger partial charge < -0.3 is 18.9 Å². The molecule has 0 saturated heterocycles. The summed E-state index contributed by atoms with van der Waals surface area (Å²) >= 11 is 0. The molecule has 108 valence electrons. The van der Waals surface area contributed by atoms with Gasteiger partial charge in [-0.25, -0.2) is 4.98 Å². The molecule has 0 aliphatic carbocycles. The molecule has 0 saturated carbocycles. The Morgan fingerprint density at radius 3 is 2.81 bits per heavy atom. The topological polar surface area (TPSA) is 60.4 Å². The summed E-state index contributed by atoms with van der Waals surface area (Å²) in [4.78, 5) is 3.92. The van der Waals surface area contributed by atoms with E-state index in [1.54, 1.807) is 13.3 Å². The molecule has 0 spiro atoms. The zero-order chi connectivity index (χ0) is 14.7. The van der Waals surface area contributed by atoms with E-state index in [1.807, 2.05) is 37.3 Å². The normalized spacial score (nSPS) is 10.6. The SMILES string of the molecule is COc1cc(NCc2ccc(C)o2)ccc1-c1cnco1. The number of hydrogen-bond donors (Lipinski definition) is 1. The Labute approximate surface area is 122 Å². The van der Waals surface area contributed by atoms with Crippen molar-refractivity contribution >= 4 is 5.69 Å². The van der Waals surface area contributed by atoms with Crippen molar-refractivity contribution < 1.29 is 13.6 Å². The third-order valence-corrected chi connectivity index (χ3v) is 3.16. The minimum absolute atomic E-state index is 0.624. The van der Waals surface area contributed by atoms with Gasteiger partial charge in [0.2, 0.25) is 0 Å². The number of aryl methyl sites for hydroxylation is 1. The maximum atomic E-state index is 5.53. The standard InChI is InChI=1S/C16H16N2O3/c1-11-3-5-13(21-11)8-18-12-4-6-14(15(7-12)19-2)16-9-17-10-20-16/h3-7,9-10,18H,8H2,1-2H3. The number of furan rings is 1. The number of benzene rings is 1. The Bertz CT molecular complexity index is 717. The highest BCUT2D eigenvalue weighted by Crippen LogP contribution is 2.32. The lowest BCUT2D eigenvalue weighted by molar-refractivity contribution is 0.414. The zero-order valence-corrected chi connectivity index (χ0v) is 11.9. The quantitative estimate of drug-likeness (QED) is 0.770. The third-order valence-electron chi connectivity index (χ3n) is 3.16. The number of nitrogens with one attached hydrogen (secondary N) is 1. The Balaban J connectivity index is 1.78. The molecule has 5 heteroatoms. The predicted molar refractivity (Wildman–Crippen MR) is 79.3 cm³/mol.